The van der Waals surface area contributed by atoms with Crippen LogP contribution in [-0.2, 0) is 6.54 Å². The number of nitrogens with one attached hydrogen (secondary N) is 3. The average molecular weight is 383 g/mol. The molecule has 4 nitrogen and oxygen atoms in total. The third kappa shape index (κ3) is 4.42. The fourth-order valence-electron chi connectivity index (χ4n) is 4.69. The second kappa shape index (κ2) is 8.28. The zero-order valence-electron chi connectivity index (χ0n) is 15.8. The number of anilines is 1. The number of thiocarbonyl (C=S) groups is 1. The van der Waals surface area contributed by atoms with Crippen molar-refractivity contribution in [3.8, 4) is 5.75 Å². The van der Waals surface area contributed by atoms with Gasteiger partial charge >= 0.3 is 0 Å². The van der Waals surface area contributed by atoms with Gasteiger partial charge in [-0.1, -0.05) is 30.3 Å². The van der Waals surface area contributed by atoms with E-state index in [9.17, 15) is 0 Å². The van der Waals surface area contributed by atoms with Gasteiger partial charge < -0.3 is 20.3 Å². The topological polar surface area (TPSA) is 37.7 Å². The van der Waals surface area contributed by atoms with Crippen LogP contribution in [-0.4, -0.2) is 30.3 Å². The van der Waals surface area contributed by atoms with Gasteiger partial charge in [0.05, 0.1) is 19.2 Å². The molecule has 0 aromatic heterocycles. The third-order valence-electron chi connectivity index (χ3n) is 5.98. The van der Waals surface area contributed by atoms with Crippen LogP contribution in [0.3, 0.4) is 0 Å². The maximum absolute atomic E-state index is 5.55. The first kappa shape index (κ1) is 18.3. The highest BCUT2D eigenvalue weighted by molar-refractivity contribution is 7.80. The van der Waals surface area contributed by atoms with Crippen LogP contribution in [0.5, 0.6) is 5.75 Å². The summed E-state index contributed by atoms with van der Waals surface area (Å²) in [5, 5.41) is 7.58. The molecule has 4 atom stereocenters. The second-order valence-corrected chi connectivity index (χ2v) is 8.11. The number of fused-ring (bicyclic) bond motifs is 2. The molecule has 2 bridgehead atoms. The molecule has 3 N–H and O–H groups in total. The first-order chi connectivity index (χ1) is 13.2. The van der Waals surface area contributed by atoms with Crippen LogP contribution in [0.1, 0.15) is 31.2 Å². The van der Waals surface area contributed by atoms with Crippen molar-refractivity contribution in [3.63, 3.8) is 0 Å². The highest BCUT2D eigenvalue weighted by Crippen LogP contribution is 2.24. The Morgan fingerprint density at radius 1 is 1.04 bits per heavy atom. The molecular weight excluding hydrogens is 354 g/mol. The van der Waals surface area contributed by atoms with Gasteiger partial charge in [-0.05, 0) is 36.5 Å². The van der Waals surface area contributed by atoms with Crippen molar-refractivity contribution in [2.45, 2.75) is 50.4 Å². The standard InChI is InChI=1S/C22H27N3OS/c1-26-21-11-7-17(8-12-21)23-22(27)24-18-13-19-9-10-20(14-18)25(19)15-16-5-3-2-4-6-16/h2-8,11-12,18-20H,9-10,13-15H2,1H3,(H2,23,24,27)/p+1/t18?,19-,20+. The largest absolute Gasteiger partial charge is 0.497 e. The number of benzene rings is 2. The zero-order chi connectivity index (χ0) is 18.6. The SMILES string of the molecule is COc1ccc(NC(=S)NC2C[C@H]3CC[C@@H](C2)[NH+]3Cc2ccccc2)cc1. The molecule has 4 rings (SSSR count). The number of quaternary nitrogens is 1. The molecule has 0 amide bonds. The summed E-state index contributed by atoms with van der Waals surface area (Å²) in [6.07, 6.45) is 5.07. The first-order valence-electron chi connectivity index (χ1n) is 9.82. The van der Waals surface area contributed by atoms with Crippen molar-refractivity contribution < 1.29 is 9.64 Å². The predicted molar refractivity (Wildman–Crippen MR) is 113 cm³/mol. The summed E-state index contributed by atoms with van der Waals surface area (Å²) in [5.74, 6) is 0.852. The molecule has 0 saturated carbocycles. The highest BCUT2D eigenvalue weighted by atomic mass is 32.1. The van der Waals surface area contributed by atoms with Crippen molar-refractivity contribution in [2.24, 2.45) is 0 Å². The van der Waals surface area contributed by atoms with Gasteiger partial charge in [0.25, 0.3) is 0 Å². The van der Waals surface area contributed by atoms with Gasteiger partial charge in [0, 0.05) is 43.0 Å². The Kier molecular flexibility index (Phi) is 5.60. The molecule has 0 aliphatic carbocycles. The van der Waals surface area contributed by atoms with Gasteiger partial charge in [-0.2, -0.15) is 0 Å². The minimum Gasteiger partial charge on any atom is -0.497 e. The molecule has 27 heavy (non-hydrogen) atoms. The molecular formula is C22H28N3OS+. The molecule has 2 unspecified atom stereocenters. The van der Waals surface area contributed by atoms with Crippen molar-refractivity contribution in [2.75, 3.05) is 12.4 Å². The lowest BCUT2D eigenvalue weighted by molar-refractivity contribution is -0.954. The van der Waals surface area contributed by atoms with Gasteiger partial charge in [-0.15, -0.1) is 0 Å². The predicted octanol–water partition coefficient (Wildman–Crippen LogP) is 2.76. The van der Waals surface area contributed by atoms with E-state index in [4.69, 9.17) is 17.0 Å². The van der Waals surface area contributed by atoms with Crippen LogP contribution in [0.2, 0.25) is 0 Å². The lowest BCUT2D eigenvalue weighted by atomic mass is 9.96. The van der Waals surface area contributed by atoms with Crippen LogP contribution in [0.4, 0.5) is 5.69 Å². The van der Waals surface area contributed by atoms with Crippen molar-refractivity contribution >= 4 is 23.0 Å². The molecule has 142 valence electrons. The third-order valence-corrected chi connectivity index (χ3v) is 6.20. The second-order valence-electron chi connectivity index (χ2n) is 7.70. The molecule has 0 radical (unpaired) electrons. The summed E-state index contributed by atoms with van der Waals surface area (Å²) in [5.41, 5.74) is 2.44. The summed E-state index contributed by atoms with van der Waals surface area (Å²) >= 11 is 5.55. The number of rotatable bonds is 5. The molecule has 2 fully saturated rings. The molecule has 5 heteroatoms. The van der Waals surface area contributed by atoms with E-state index in [0.29, 0.717) is 6.04 Å². The van der Waals surface area contributed by atoms with E-state index < -0.39 is 0 Å². The van der Waals surface area contributed by atoms with Crippen molar-refractivity contribution in [1.29, 1.82) is 0 Å². The van der Waals surface area contributed by atoms with E-state index in [-0.39, 0.29) is 0 Å². The van der Waals surface area contributed by atoms with Gasteiger partial charge in [-0.3, -0.25) is 0 Å². The van der Waals surface area contributed by atoms with E-state index in [0.717, 1.165) is 35.2 Å². The summed E-state index contributed by atoms with van der Waals surface area (Å²) in [6.45, 7) is 1.15. The summed E-state index contributed by atoms with van der Waals surface area (Å²) in [6, 6.07) is 20.7. The lowest BCUT2D eigenvalue weighted by Crippen LogP contribution is -3.17. The zero-order valence-corrected chi connectivity index (χ0v) is 16.6. The molecule has 2 aliphatic rings. The Morgan fingerprint density at radius 3 is 2.33 bits per heavy atom. The maximum Gasteiger partial charge on any atom is 0.171 e. The van der Waals surface area contributed by atoms with Crippen molar-refractivity contribution in [3.05, 3.63) is 60.2 Å². The fraction of sp³-hybridized carbons (Fsp3) is 0.409. The summed E-state index contributed by atoms with van der Waals surface area (Å²) in [4.78, 5) is 1.77. The number of piperidine rings is 1. The molecule has 2 aromatic carbocycles. The number of hydrogen-bond acceptors (Lipinski definition) is 2. The Hall–Kier alpha value is -2.11. The highest BCUT2D eigenvalue weighted by Gasteiger charge is 2.44. The van der Waals surface area contributed by atoms with Gasteiger partial charge in [0.2, 0.25) is 0 Å². The van der Waals surface area contributed by atoms with Gasteiger partial charge in [0.1, 0.15) is 12.3 Å². The van der Waals surface area contributed by atoms with Crippen LogP contribution in [0.25, 0.3) is 0 Å². The summed E-state index contributed by atoms with van der Waals surface area (Å²) < 4.78 is 5.20. The van der Waals surface area contributed by atoms with Crippen LogP contribution < -0.4 is 20.3 Å². The average Bonchev–Trinajstić information content (AvgIpc) is 2.91. The summed E-state index contributed by atoms with van der Waals surface area (Å²) in [7, 11) is 1.68. The Morgan fingerprint density at radius 2 is 1.70 bits per heavy atom. The van der Waals surface area contributed by atoms with Crippen LogP contribution in [0, 0.1) is 0 Å². The normalized spacial score (nSPS) is 26.4. The molecule has 0 spiro atoms. The molecule has 2 aliphatic heterocycles. The van der Waals surface area contributed by atoms with E-state index in [1.807, 2.05) is 24.3 Å². The van der Waals surface area contributed by atoms with Gasteiger partial charge in [-0.25, -0.2) is 0 Å². The number of ether oxygens (including phenoxy) is 1. The fourth-order valence-corrected chi connectivity index (χ4v) is 4.98. The smallest absolute Gasteiger partial charge is 0.171 e. The Labute approximate surface area is 166 Å². The minimum atomic E-state index is 0.472. The van der Waals surface area contributed by atoms with E-state index in [1.54, 1.807) is 12.0 Å². The monoisotopic (exact) mass is 382 g/mol. The quantitative estimate of drug-likeness (QED) is 0.695. The van der Waals surface area contributed by atoms with E-state index >= 15 is 0 Å². The van der Waals surface area contributed by atoms with Crippen molar-refractivity contribution in [1.82, 2.24) is 5.32 Å². The van der Waals surface area contributed by atoms with Crippen LogP contribution in [0.15, 0.2) is 54.6 Å². The molecule has 2 saturated heterocycles. The Bertz CT molecular complexity index is 751. The number of methoxy groups -OCH3 is 1. The van der Waals surface area contributed by atoms with E-state index in [2.05, 4.69) is 41.0 Å². The minimum absolute atomic E-state index is 0.472. The van der Waals surface area contributed by atoms with E-state index in [1.165, 1.54) is 31.2 Å². The van der Waals surface area contributed by atoms with Gasteiger partial charge in [0.15, 0.2) is 5.11 Å². The molecule has 2 aromatic rings. The first-order valence-corrected chi connectivity index (χ1v) is 10.2. The Balaban J connectivity index is 1.31. The maximum atomic E-state index is 5.55. The lowest BCUT2D eigenvalue weighted by Gasteiger charge is -2.36. The molecule has 2 heterocycles. The number of hydrogen-bond donors (Lipinski definition) is 3. The van der Waals surface area contributed by atoms with Crippen LogP contribution >= 0.6 is 12.2 Å².